The van der Waals surface area contributed by atoms with Gasteiger partial charge in [0.15, 0.2) is 25.2 Å². The third-order valence-electron chi connectivity index (χ3n) is 22.9. The lowest BCUT2D eigenvalue weighted by molar-refractivity contribution is -0.402. The Hall–Kier alpha value is -8.16. The van der Waals surface area contributed by atoms with E-state index < -0.39 is 127 Å². The van der Waals surface area contributed by atoms with Gasteiger partial charge in [-0.25, -0.2) is 0 Å². The maximum Gasteiger partial charge on any atom is 0.187 e. The van der Waals surface area contributed by atoms with Gasteiger partial charge in [-0.3, -0.25) is 0 Å². The molecule has 11 aromatic carbocycles. The topological polar surface area (TPSA) is 196 Å². The van der Waals surface area contributed by atoms with Crippen molar-refractivity contribution in [3.05, 3.63) is 392 Å². The first-order valence-electron chi connectivity index (χ1n) is 43.8. The van der Waals surface area contributed by atoms with Crippen LogP contribution in [-0.2, 0) is 156 Å². The molecule has 128 heavy (non-hydrogen) atoms. The maximum atomic E-state index is 13.9. The first-order valence-corrected chi connectivity index (χ1v) is 45.9. The summed E-state index contributed by atoms with van der Waals surface area (Å²) in [5, 5.41) is 14.5. The van der Waals surface area contributed by atoms with E-state index in [1.165, 1.54) is 11.8 Å². The van der Waals surface area contributed by atoms with Crippen LogP contribution in [0.5, 0.6) is 0 Å². The molecule has 5 aliphatic rings. The summed E-state index contributed by atoms with van der Waals surface area (Å²) < 4.78 is 140. The zero-order chi connectivity index (χ0) is 87.4. The lowest BCUT2D eigenvalue weighted by Gasteiger charge is -2.53. The van der Waals surface area contributed by atoms with Gasteiger partial charge in [-0.1, -0.05) is 321 Å². The number of halogens is 3. The molecule has 20 nitrogen and oxygen atoms in total. The summed E-state index contributed by atoms with van der Waals surface area (Å²) in [5.74, 6) is 0. The van der Waals surface area contributed by atoms with E-state index in [0.717, 1.165) is 61.2 Å². The fraction of sp³-hybridized carbons (Fsp3) is 0.365. The first kappa shape index (κ1) is 93.1. The lowest BCUT2D eigenvalue weighted by Crippen LogP contribution is -2.68. The van der Waals surface area contributed by atoms with E-state index in [0.29, 0.717) is 21.5 Å². The van der Waals surface area contributed by atoms with Gasteiger partial charge in [-0.15, -0.1) is 11.8 Å². The molecule has 0 spiro atoms. The predicted octanol–water partition coefficient (Wildman–Crippen LogP) is 19.4. The molecule has 672 valence electrons. The van der Waals surface area contributed by atoms with Crippen LogP contribution in [0.15, 0.2) is 315 Å². The van der Waals surface area contributed by atoms with E-state index in [2.05, 4.69) is 0 Å². The number of rotatable bonds is 43. The number of aliphatic hydroxyl groups excluding tert-OH is 1. The average Bonchev–Trinajstić information content (AvgIpc) is 0.751. The fourth-order valence-electron chi connectivity index (χ4n) is 16.3. The summed E-state index contributed by atoms with van der Waals surface area (Å²) in [6, 6.07) is 102. The van der Waals surface area contributed by atoms with Crippen LogP contribution in [-0.4, -0.2) is 159 Å². The molecule has 24 heteroatoms. The minimum Gasteiger partial charge on any atom is -0.387 e. The van der Waals surface area contributed by atoms with Crippen LogP contribution in [0.2, 0.25) is 15.1 Å². The van der Waals surface area contributed by atoms with Crippen molar-refractivity contribution >= 4 is 46.6 Å². The van der Waals surface area contributed by atoms with Crippen molar-refractivity contribution in [2.45, 2.75) is 207 Å². The van der Waals surface area contributed by atoms with Crippen molar-refractivity contribution in [3.63, 3.8) is 0 Å². The molecular weight excluding hydrogens is 1710 g/mol. The molecule has 5 fully saturated rings. The second-order valence-electron chi connectivity index (χ2n) is 32.3. The minimum absolute atomic E-state index is 0.00503. The molecule has 0 unspecified atom stereocenters. The molecule has 0 aromatic heterocycles. The number of thioether (sulfide) groups is 1. The van der Waals surface area contributed by atoms with E-state index in [1.54, 1.807) is 24.3 Å². The van der Waals surface area contributed by atoms with Crippen LogP contribution in [0.25, 0.3) is 0 Å². The van der Waals surface area contributed by atoms with Gasteiger partial charge in [0.2, 0.25) is 0 Å². The van der Waals surface area contributed by atoms with Gasteiger partial charge in [-0.2, -0.15) is 0 Å². The molecule has 21 atom stereocenters. The van der Waals surface area contributed by atoms with Crippen LogP contribution in [0.4, 0.5) is 0 Å². The molecule has 0 amide bonds. The molecule has 5 aliphatic heterocycles. The van der Waals surface area contributed by atoms with Crippen LogP contribution >= 0.6 is 46.6 Å². The Kier molecular flexibility index (Phi) is 35.1. The number of aliphatic hydroxyl groups is 1. The van der Waals surface area contributed by atoms with Gasteiger partial charge in [-0.05, 0) is 98.5 Å². The molecule has 0 bridgehead atoms. The van der Waals surface area contributed by atoms with Crippen LogP contribution in [0.3, 0.4) is 0 Å². The van der Waals surface area contributed by atoms with E-state index in [9.17, 15) is 5.11 Å². The van der Waals surface area contributed by atoms with E-state index >= 15 is 0 Å². The fourth-order valence-corrected chi connectivity index (χ4v) is 18.2. The zero-order valence-corrected chi connectivity index (χ0v) is 74.3. The summed E-state index contributed by atoms with van der Waals surface area (Å²) in [7, 11) is 0. The molecule has 1 N–H and O–H groups in total. The van der Waals surface area contributed by atoms with Gasteiger partial charge < -0.3 is 95.1 Å². The third kappa shape index (κ3) is 26.2. The van der Waals surface area contributed by atoms with E-state index in [1.807, 2.05) is 298 Å². The van der Waals surface area contributed by atoms with Gasteiger partial charge in [0.05, 0.1) is 97.7 Å². The molecular formula is C104H109Cl3O20S. The summed E-state index contributed by atoms with van der Waals surface area (Å²) in [4.78, 5) is 0. The average molecular weight is 1820 g/mol. The van der Waals surface area contributed by atoms with Crippen molar-refractivity contribution in [1.29, 1.82) is 0 Å². The largest absolute Gasteiger partial charge is 0.387 e. The SMILES string of the molecule is CCCO[C@@H]1O[C@H](COCc2ccccc2)[C@@H](OCc2ccccc2)[C@H](OCc2ccccc2)[C@@H]1O[C@@H]1O[C@H](COCc2ccccc2)[C@@H](OCc2ccccc2)[C@H](OCc2ccccc2)[C@@H]1O[C@@H]1O[C@@H]2CO[C@@H](c3ccccc3)O[C@H]2[C@H](OCc2ccccc2)[C@@H]1S[C@@H]1O[C@H](COCc2ccc(Cl)cc2)[C@@H](OCc2ccc(Cl)cc2)[C@H](OCc2ccc(Cl)cc2)[C@@H]1O. The highest BCUT2D eigenvalue weighted by molar-refractivity contribution is 8.00. The summed E-state index contributed by atoms with van der Waals surface area (Å²) in [5.41, 5.74) is 8.30. The van der Waals surface area contributed by atoms with Crippen LogP contribution in [0, 0.1) is 0 Å². The summed E-state index contributed by atoms with van der Waals surface area (Å²) >= 11 is 20.7. The number of fused-ring (bicyclic) bond motifs is 1. The highest BCUT2D eigenvalue weighted by atomic mass is 35.5. The van der Waals surface area contributed by atoms with Gasteiger partial charge in [0.1, 0.15) is 97.0 Å². The predicted molar refractivity (Wildman–Crippen MR) is 486 cm³/mol. The molecule has 5 heterocycles. The lowest BCUT2D eigenvalue weighted by atomic mass is 9.95. The second-order valence-corrected chi connectivity index (χ2v) is 34.9. The Bertz CT molecular complexity index is 4990. The number of hydrogen-bond acceptors (Lipinski definition) is 21. The van der Waals surface area contributed by atoms with Crippen LogP contribution < -0.4 is 0 Å². The highest BCUT2D eigenvalue weighted by Gasteiger charge is 2.60. The Morgan fingerprint density at radius 1 is 0.305 bits per heavy atom. The molecule has 0 radical (unpaired) electrons. The Labute approximate surface area is 768 Å². The quantitative estimate of drug-likeness (QED) is 0.0378. The first-order chi connectivity index (χ1) is 63.0. The molecule has 0 aliphatic carbocycles. The Morgan fingerprint density at radius 3 is 1.02 bits per heavy atom. The number of benzene rings is 11. The minimum atomic E-state index is -1.51. The molecule has 0 saturated carbocycles. The van der Waals surface area contributed by atoms with Crippen molar-refractivity contribution in [2.24, 2.45) is 0 Å². The van der Waals surface area contributed by atoms with Crippen molar-refractivity contribution in [1.82, 2.24) is 0 Å². The summed E-state index contributed by atoms with van der Waals surface area (Å²) in [6.45, 7) is 3.53. The van der Waals surface area contributed by atoms with Gasteiger partial charge >= 0.3 is 0 Å². The maximum absolute atomic E-state index is 13.9. The standard InChI is InChI=1S/C104H109Cl3O20S/c1-2-55-112-101-97(94(117-61-74-35-19-7-20-36-74)90(114-59-72-31-15-5-16-32-72)84(121-101)66-109-56-70-27-11-3-12-28-70)126-102-98(95(118-62-75-37-21-8-22-38-75)91(115-60-73-33-17-6-18-34-73)85(122-102)67-110-57-71-29-13-4-14-30-71)127-103-99(96(119-63-76-39-23-9-24-40-76)92-87(123-103)69-120-100(125-92)80-41-25-10-26-42-80)128-104-88(108)93(116-65-79-47-53-83(107)54-48-79)89(113-64-78-45-51-82(106)52-46-78)86(124-104)68-111-58-77-43-49-81(105)50-44-77/h3-54,84-104,108H,2,55-69H2,1H3/t84-,85-,86-,87-,88+,89-,90-,91-,92-,93-,94+,95+,96+,97+,98+,99+,100-,101-,102+,103+,104+/m1/s1. The summed E-state index contributed by atoms with van der Waals surface area (Å²) in [6.07, 6.45) is -20.2. The smallest absolute Gasteiger partial charge is 0.187 e. The Balaban J connectivity index is 0.850. The van der Waals surface area contributed by atoms with Gasteiger partial charge in [0.25, 0.3) is 0 Å². The normalized spacial score (nSPS) is 27.1. The van der Waals surface area contributed by atoms with E-state index in [4.69, 9.17) is 125 Å². The van der Waals surface area contributed by atoms with Crippen molar-refractivity contribution in [2.75, 3.05) is 33.0 Å². The Morgan fingerprint density at radius 2 is 0.617 bits per heavy atom. The van der Waals surface area contributed by atoms with Crippen molar-refractivity contribution in [3.8, 4) is 0 Å². The zero-order valence-electron chi connectivity index (χ0n) is 71.2. The molecule has 11 aromatic rings. The molecule has 5 saturated heterocycles. The monoisotopic (exact) mass is 1810 g/mol. The van der Waals surface area contributed by atoms with Crippen LogP contribution in [0.1, 0.15) is 80.8 Å². The van der Waals surface area contributed by atoms with Crippen molar-refractivity contribution < 1.29 is 95.1 Å². The number of ether oxygens (including phenoxy) is 19. The second kappa shape index (κ2) is 48.3. The number of hydrogen-bond donors (Lipinski definition) is 1. The highest BCUT2D eigenvalue weighted by Crippen LogP contribution is 2.47. The molecule has 16 rings (SSSR count). The van der Waals surface area contributed by atoms with E-state index in [-0.39, 0.29) is 99.1 Å². The van der Waals surface area contributed by atoms with Gasteiger partial charge in [0, 0.05) is 27.2 Å². The third-order valence-corrected chi connectivity index (χ3v) is 25.1.